The van der Waals surface area contributed by atoms with E-state index in [-0.39, 0.29) is 12.5 Å². The third-order valence-electron chi connectivity index (χ3n) is 2.37. The summed E-state index contributed by atoms with van der Waals surface area (Å²) >= 11 is 9.14. The van der Waals surface area contributed by atoms with E-state index in [9.17, 15) is 4.79 Å². The van der Waals surface area contributed by atoms with E-state index in [1.165, 1.54) is 0 Å². The van der Waals surface area contributed by atoms with Gasteiger partial charge in [-0.05, 0) is 30.3 Å². The summed E-state index contributed by atoms with van der Waals surface area (Å²) in [4.78, 5) is 11.7. The molecule has 0 aliphatic heterocycles. The third kappa shape index (κ3) is 4.43. The molecule has 0 aliphatic rings. The minimum absolute atomic E-state index is 0.109. The molecule has 2 rings (SSSR count). The molecule has 0 fully saturated rings. The molecule has 0 unspecified atom stereocenters. The van der Waals surface area contributed by atoms with Gasteiger partial charge < -0.3 is 15.8 Å². The molecular weight excluding hydrogens is 344 g/mol. The van der Waals surface area contributed by atoms with Crippen LogP contribution in [0, 0.1) is 0 Å². The maximum Gasteiger partial charge on any atom is 0.262 e. The van der Waals surface area contributed by atoms with Gasteiger partial charge in [-0.15, -0.1) is 0 Å². The van der Waals surface area contributed by atoms with Crippen LogP contribution in [0.4, 0.5) is 11.4 Å². The second kappa shape index (κ2) is 6.63. The Labute approximate surface area is 130 Å². The number of hydrogen-bond acceptors (Lipinski definition) is 3. The average molecular weight is 356 g/mol. The van der Waals surface area contributed by atoms with Crippen LogP contribution in [-0.2, 0) is 4.79 Å². The predicted octanol–water partition coefficient (Wildman–Crippen LogP) is 3.70. The lowest BCUT2D eigenvalue weighted by atomic mass is 10.3. The second-order valence-corrected chi connectivity index (χ2v) is 5.42. The summed E-state index contributed by atoms with van der Waals surface area (Å²) in [6.07, 6.45) is 0. The minimum Gasteiger partial charge on any atom is -0.484 e. The summed E-state index contributed by atoms with van der Waals surface area (Å²) in [6, 6.07) is 12.0. The molecule has 20 heavy (non-hydrogen) atoms. The highest BCUT2D eigenvalue weighted by atomic mass is 79.9. The lowest BCUT2D eigenvalue weighted by Crippen LogP contribution is -2.20. The van der Waals surface area contributed by atoms with Gasteiger partial charge in [-0.1, -0.05) is 33.6 Å². The highest BCUT2D eigenvalue weighted by Gasteiger charge is 2.05. The molecule has 104 valence electrons. The Morgan fingerprint density at radius 2 is 2.10 bits per heavy atom. The van der Waals surface area contributed by atoms with Crippen LogP contribution < -0.4 is 15.8 Å². The van der Waals surface area contributed by atoms with Gasteiger partial charge in [-0.25, -0.2) is 0 Å². The van der Waals surface area contributed by atoms with Crippen LogP contribution >= 0.6 is 27.5 Å². The maximum absolute atomic E-state index is 11.7. The van der Waals surface area contributed by atoms with Crippen molar-refractivity contribution in [1.82, 2.24) is 0 Å². The van der Waals surface area contributed by atoms with Crippen molar-refractivity contribution in [3.05, 3.63) is 52.0 Å². The normalized spacial score (nSPS) is 10.1. The van der Waals surface area contributed by atoms with Gasteiger partial charge in [0.25, 0.3) is 5.91 Å². The zero-order valence-corrected chi connectivity index (χ0v) is 12.7. The number of nitrogen functional groups attached to an aromatic ring is 1. The van der Waals surface area contributed by atoms with E-state index >= 15 is 0 Å². The fourth-order valence-electron chi connectivity index (χ4n) is 1.58. The van der Waals surface area contributed by atoms with E-state index in [0.29, 0.717) is 22.1 Å². The monoisotopic (exact) mass is 354 g/mol. The Kier molecular flexibility index (Phi) is 4.87. The number of amides is 1. The van der Waals surface area contributed by atoms with E-state index in [1.807, 2.05) is 0 Å². The van der Waals surface area contributed by atoms with Crippen molar-refractivity contribution < 1.29 is 9.53 Å². The zero-order chi connectivity index (χ0) is 14.5. The second-order valence-electron chi connectivity index (χ2n) is 4.07. The smallest absolute Gasteiger partial charge is 0.262 e. The van der Waals surface area contributed by atoms with Crippen molar-refractivity contribution >= 4 is 44.8 Å². The highest BCUT2D eigenvalue weighted by Crippen LogP contribution is 2.22. The third-order valence-corrected chi connectivity index (χ3v) is 3.06. The van der Waals surface area contributed by atoms with E-state index < -0.39 is 0 Å². The van der Waals surface area contributed by atoms with Crippen molar-refractivity contribution in [3.63, 3.8) is 0 Å². The first kappa shape index (κ1) is 14.7. The van der Waals surface area contributed by atoms with Crippen molar-refractivity contribution in [2.45, 2.75) is 0 Å². The van der Waals surface area contributed by atoms with Crippen molar-refractivity contribution in [2.24, 2.45) is 0 Å². The lowest BCUT2D eigenvalue weighted by Gasteiger charge is -2.08. The molecule has 0 radical (unpaired) electrons. The summed E-state index contributed by atoms with van der Waals surface area (Å²) in [7, 11) is 0. The van der Waals surface area contributed by atoms with Gasteiger partial charge in [0.2, 0.25) is 0 Å². The molecule has 6 heteroatoms. The quantitative estimate of drug-likeness (QED) is 0.822. The molecule has 2 aromatic rings. The molecule has 2 aromatic carbocycles. The number of rotatable bonds is 4. The van der Waals surface area contributed by atoms with Crippen LogP contribution in [0.3, 0.4) is 0 Å². The van der Waals surface area contributed by atoms with Crippen LogP contribution in [0.15, 0.2) is 46.9 Å². The van der Waals surface area contributed by atoms with Gasteiger partial charge in [-0.3, -0.25) is 4.79 Å². The van der Waals surface area contributed by atoms with Gasteiger partial charge in [0.15, 0.2) is 6.61 Å². The molecule has 0 spiro atoms. The molecule has 0 saturated heterocycles. The van der Waals surface area contributed by atoms with Crippen LogP contribution in [0.1, 0.15) is 0 Å². The average Bonchev–Trinajstić information content (AvgIpc) is 2.35. The summed E-state index contributed by atoms with van der Waals surface area (Å²) in [5.41, 5.74) is 6.87. The molecule has 1 amide bonds. The van der Waals surface area contributed by atoms with E-state index in [2.05, 4.69) is 21.2 Å². The Bertz CT molecular complexity index is 614. The van der Waals surface area contributed by atoms with Crippen LogP contribution in [-0.4, -0.2) is 12.5 Å². The van der Waals surface area contributed by atoms with E-state index in [1.54, 1.807) is 42.5 Å². The first-order chi connectivity index (χ1) is 9.52. The Morgan fingerprint density at radius 1 is 1.30 bits per heavy atom. The number of nitrogens with two attached hydrogens (primary N) is 1. The number of halogens is 2. The van der Waals surface area contributed by atoms with Gasteiger partial charge in [0.05, 0.1) is 0 Å². The number of carbonyl (C=O) groups excluding carboxylic acids is 1. The molecular formula is C14H12BrClN2O2. The largest absolute Gasteiger partial charge is 0.484 e. The van der Waals surface area contributed by atoms with Crippen LogP contribution in [0.25, 0.3) is 0 Å². The number of carbonyl (C=O) groups is 1. The van der Waals surface area contributed by atoms with Gasteiger partial charge in [0, 0.05) is 26.9 Å². The number of ether oxygens (including phenoxy) is 1. The lowest BCUT2D eigenvalue weighted by molar-refractivity contribution is -0.118. The number of hydrogen-bond donors (Lipinski definition) is 2. The molecule has 0 aliphatic carbocycles. The Balaban J connectivity index is 1.92. The number of anilines is 2. The van der Waals surface area contributed by atoms with Crippen molar-refractivity contribution in [1.29, 1.82) is 0 Å². The Hall–Kier alpha value is -1.72. The molecule has 0 atom stereocenters. The fourth-order valence-corrected chi connectivity index (χ4v) is 2.26. The molecule has 0 heterocycles. The number of benzene rings is 2. The molecule has 4 nitrogen and oxygen atoms in total. The van der Waals surface area contributed by atoms with E-state index in [0.717, 1.165) is 4.47 Å². The first-order valence-corrected chi connectivity index (χ1v) is 6.94. The predicted molar refractivity (Wildman–Crippen MR) is 84.1 cm³/mol. The summed E-state index contributed by atoms with van der Waals surface area (Å²) < 4.78 is 6.17. The topological polar surface area (TPSA) is 64.3 Å². The molecule has 0 aromatic heterocycles. The van der Waals surface area contributed by atoms with Gasteiger partial charge in [0.1, 0.15) is 5.75 Å². The minimum atomic E-state index is -0.272. The summed E-state index contributed by atoms with van der Waals surface area (Å²) in [5, 5.41) is 3.25. The summed E-state index contributed by atoms with van der Waals surface area (Å²) in [6.45, 7) is -0.109. The van der Waals surface area contributed by atoms with E-state index in [4.69, 9.17) is 22.1 Å². The molecule has 3 N–H and O–H groups in total. The maximum atomic E-state index is 11.7. The Morgan fingerprint density at radius 3 is 2.80 bits per heavy atom. The SMILES string of the molecule is Nc1cc(Br)cc(OCC(=O)Nc2cccc(Cl)c2)c1. The van der Waals surface area contributed by atoms with Crippen molar-refractivity contribution in [2.75, 3.05) is 17.7 Å². The van der Waals surface area contributed by atoms with Crippen LogP contribution in [0.5, 0.6) is 5.75 Å². The van der Waals surface area contributed by atoms with Crippen LogP contribution in [0.2, 0.25) is 5.02 Å². The van der Waals surface area contributed by atoms with Crippen molar-refractivity contribution in [3.8, 4) is 5.75 Å². The zero-order valence-electron chi connectivity index (χ0n) is 10.4. The molecule has 0 bridgehead atoms. The first-order valence-electron chi connectivity index (χ1n) is 5.77. The summed E-state index contributed by atoms with van der Waals surface area (Å²) in [5.74, 6) is 0.254. The standard InChI is InChI=1S/C14H12BrClN2O2/c15-9-4-11(17)7-13(5-9)20-8-14(19)18-12-3-1-2-10(16)6-12/h1-7H,8,17H2,(H,18,19). The van der Waals surface area contributed by atoms with Gasteiger partial charge in [-0.2, -0.15) is 0 Å². The number of nitrogens with one attached hydrogen (secondary N) is 1. The fraction of sp³-hybridized carbons (Fsp3) is 0.0714. The highest BCUT2D eigenvalue weighted by molar-refractivity contribution is 9.10. The van der Waals surface area contributed by atoms with Gasteiger partial charge >= 0.3 is 0 Å². The molecule has 0 saturated carbocycles.